The molecule has 18 heavy (non-hydrogen) atoms. The van der Waals surface area contributed by atoms with Crippen molar-refractivity contribution in [3.05, 3.63) is 5.50 Å². The molecular formula is C13H27FNO2S. The highest BCUT2D eigenvalue weighted by molar-refractivity contribution is 7.94. The predicted molar refractivity (Wildman–Crippen MR) is 74.7 cm³/mol. The van der Waals surface area contributed by atoms with Gasteiger partial charge in [-0.15, -0.1) is 0 Å². The van der Waals surface area contributed by atoms with Crippen molar-refractivity contribution < 1.29 is 12.8 Å². The van der Waals surface area contributed by atoms with Crippen LogP contribution in [0.25, 0.3) is 0 Å². The van der Waals surface area contributed by atoms with E-state index in [-0.39, 0.29) is 12.3 Å². The molecule has 0 unspecified atom stereocenters. The zero-order chi connectivity index (χ0) is 13.9. The summed E-state index contributed by atoms with van der Waals surface area (Å²) < 4.78 is 36.0. The Morgan fingerprint density at radius 3 is 2.00 bits per heavy atom. The van der Waals surface area contributed by atoms with E-state index in [9.17, 15) is 12.8 Å². The van der Waals surface area contributed by atoms with Gasteiger partial charge in [-0.05, 0) is 13.5 Å². The molecule has 0 saturated carbocycles. The van der Waals surface area contributed by atoms with Gasteiger partial charge in [0.25, 0.3) is 5.50 Å². The van der Waals surface area contributed by atoms with E-state index in [2.05, 4.69) is 12.2 Å². The minimum Gasteiger partial charge on any atom is -0.316 e. The molecule has 0 spiro atoms. The van der Waals surface area contributed by atoms with Gasteiger partial charge in [0.2, 0.25) is 0 Å². The number of hydrogen-bond donors (Lipinski definition) is 1. The van der Waals surface area contributed by atoms with Gasteiger partial charge < -0.3 is 5.32 Å². The van der Waals surface area contributed by atoms with Gasteiger partial charge in [0.1, 0.15) is 0 Å². The molecule has 109 valence electrons. The Bertz CT molecular complexity index is 281. The van der Waals surface area contributed by atoms with Crippen molar-refractivity contribution in [2.75, 3.05) is 19.3 Å². The van der Waals surface area contributed by atoms with Crippen LogP contribution in [0.2, 0.25) is 0 Å². The Hall–Kier alpha value is -0.160. The maximum Gasteiger partial charge on any atom is 0.271 e. The molecule has 0 bridgehead atoms. The largest absolute Gasteiger partial charge is 0.316 e. The molecule has 1 radical (unpaired) electrons. The maximum atomic E-state index is 13.2. The van der Waals surface area contributed by atoms with E-state index >= 15 is 0 Å². The molecule has 0 fully saturated rings. The summed E-state index contributed by atoms with van der Waals surface area (Å²) >= 11 is 0. The van der Waals surface area contributed by atoms with Crippen LogP contribution in [0.5, 0.6) is 0 Å². The summed E-state index contributed by atoms with van der Waals surface area (Å²) in [6, 6.07) is 0. The van der Waals surface area contributed by atoms with Crippen LogP contribution in [0.15, 0.2) is 0 Å². The van der Waals surface area contributed by atoms with Gasteiger partial charge in [0.05, 0.1) is 5.75 Å². The molecule has 0 rings (SSSR count). The van der Waals surface area contributed by atoms with Crippen LogP contribution in [-0.4, -0.2) is 27.8 Å². The smallest absolute Gasteiger partial charge is 0.271 e. The lowest BCUT2D eigenvalue weighted by Gasteiger charge is -2.07. The second-order valence-electron chi connectivity index (χ2n) is 4.68. The number of sulfone groups is 1. The molecule has 0 aromatic heterocycles. The van der Waals surface area contributed by atoms with E-state index in [1.54, 1.807) is 0 Å². The lowest BCUT2D eigenvalue weighted by atomic mass is 10.1. The van der Waals surface area contributed by atoms with Crippen molar-refractivity contribution >= 4 is 9.84 Å². The summed E-state index contributed by atoms with van der Waals surface area (Å²) in [6.45, 7) is 1.99. The average molecular weight is 280 g/mol. The standard InChI is InChI=1S/C13H27FNO2S/c1-3-4-5-6-7-8-9-10-11-18(16,17)13(14)12-15-2/h15H,3-12H2,1-2H3. The minimum absolute atomic E-state index is 0.0600. The zero-order valence-electron chi connectivity index (χ0n) is 11.7. The summed E-state index contributed by atoms with van der Waals surface area (Å²) in [4.78, 5) is 0. The molecule has 0 amide bonds. The third-order valence-corrected chi connectivity index (χ3v) is 4.57. The highest BCUT2D eigenvalue weighted by atomic mass is 32.2. The van der Waals surface area contributed by atoms with E-state index in [1.807, 2.05) is 0 Å². The maximum absolute atomic E-state index is 13.2. The van der Waals surface area contributed by atoms with Crippen molar-refractivity contribution in [2.45, 2.75) is 58.3 Å². The fourth-order valence-corrected chi connectivity index (χ4v) is 2.96. The lowest BCUT2D eigenvalue weighted by molar-refractivity contribution is 0.501. The number of halogens is 1. The molecule has 0 aromatic rings. The molecule has 0 aliphatic heterocycles. The molecular weight excluding hydrogens is 253 g/mol. The number of hydrogen-bond acceptors (Lipinski definition) is 3. The summed E-state index contributed by atoms with van der Waals surface area (Å²) in [5, 5.41) is 2.51. The fourth-order valence-electron chi connectivity index (χ4n) is 1.79. The fraction of sp³-hybridized carbons (Fsp3) is 0.923. The van der Waals surface area contributed by atoms with E-state index in [1.165, 1.54) is 32.7 Å². The Kier molecular flexibility index (Phi) is 10.6. The van der Waals surface area contributed by atoms with Gasteiger partial charge >= 0.3 is 0 Å². The molecule has 0 atom stereocenters. The van der Waals surface area contributed by atoms with Crippen LogP contribution in [0.4, 0.5) is 4.39 Å². The van der Waals surface area contributed by atoms with Crippen LogP contribution < -0.4 is 5.32 Å². The molecule has 0 heterocycles. The van der Waals surface area contributed by atoms with Gasteiger partial charge in [-0.1, -0.05) is 51.9 Å². The Balaban J connectivity index is 3.53. The molecule has 0 saturated heterocycles. The highest BCUT2D eigenvalue weighted by Crippen LogP contribution is 2.15. The van der Waals surface area contributed by atoms with Crippen LogP contribution in [-0.2, 0) is 9.84 Å². The first kappa shape index (κ1) is 17.8. The third-order valence-electron chi connectivity index (χ3n) is 2.92. The lowest BCUT2D eigenvalue weighted by Crippen LogP contribution is -2.23. The summed E-state index contributed by atoms with van der Waals surface area (Å²) in [5.41, 5.74) is -0.937. The number of unbranched alkanes of at least 4 members (excludes halogenated alkanes) is 7. The number of rotatable bonds is 12. The summed E-state index contributed by atoms with van der Waals surface area (Å²) in [6.07, 6.45) is 8.64. The summed E-state index contributed by atoms with van der Waals surface area (Å²) in [7, 11) is -2.10. The quantitative estimate of drug-likeness (QED) is 0.558. The third kappa shape index (κ3) is 8.86. The van der Waals surface area contributed by atoms with Crippen molar-refractivity contribution in [3.8, 4) is 0 Å². The van der Waals surface area contributed by atoms with Crippen molar-refractivity contribution in [1.82, 2.24) is 5.32 Å². The van der Waals surface area contributed by atoms with Crippen LogP contribution in [0.3, 0.4) is 0 Å². The minimum atomic E-state index is -3.64. The van der Waals surface area contributed by atoms with Gasteiger partial charge in [0, 0.05) is 6.54 Å². The Labute approximate surface area is 111 Å². The van der Waals surface area contributed by atoms with Crippen LogP contribution in [0, 0.1) is 5.50 Å². The van der Waals surface area contributed by atoms with Crippen molar-refractivity contribution in [2.24, 2.45) is 0 Å². The molecule has 3 nitrogen and oxygen atoms in total. The highest BCUT2D eigenvalue weighted by Gasteiger charge is 2.25. The van der Waals surface area contributed by atoms with Crippen LogP contribution in [0.1, 0.15) is 58.3 Å². The van der Waals surface area contributed by atoms with Gasteiger partial charge in [-0.2, -0.15) is 0 Å². The number of nitrogens with one attached hydrogen (secondary N) is 1. The molecule has 5 heteroatoms. The predicted octanol–water partition coefficient (Wildman–Crippen LogP) is 3.22. The summed E-state index contributed by atoms with van der Waals surface area (Å²) in [5.74, 6) is -0.0600. The first-order valence-corrected chi connectivity index (χ1v) is 8.58. The topological polar surface area (TPSA) is 46.2 Å². The SMILES string of the molecule is CCCCCCCCCCS(=O)(=O)[C](F)CNC. The van der Waals surface area contributed by atoms with Crippen LogP contribution >= 0.6 is 0 Å². The monoisotopic (exact) mass is 280 g/mol. The normalized spacial score (nSPS) is 12.2. The average Bonchev–Trinajstić information content (AvgIpc) is 2.33. The second kappa shape index (κ2) is 10.7. The molecule has 1 N–H and O–H groups in total. The first-order chi connectivity index (χ1) is 8.54. The Morgan fingerprint density at radius 1 is 1.00 bits per heavy atom. The van der Waals surface area contributed by atoms with Crippen molar-refractivity contribution in [1.29, 1.82) is 0 Å². The zero-order valence-corrected chi connectivity index (χ0v) is 12.5. The van der Waals surface area contributed by atoms with E-state index in [0.29, 0.717) is 6.42 Å². The van der Waals surface area contributed by atoms with Gasteiger partial charge in [-0.25, -0.2) is 12.8 Å². The van der Waals surface area contributed by atoms with E-state index in [4.69, 9.17) is 0 Å². The Morgan fingerprint density at radius 2 is 1.50 bits per heavy atom. The molecule has 0 aliphatic rings. The second-order valence-corrected chi connectivity index (χ2v) is 6.76. The van der Waals surface area contributed by atoms with E-state index < -0.39 is 15.3 Å². The first-order valence-electron chi connectivity index (χ1n) is 6.93. The van der Waals surface area contributed by atoms with Gasteiger partial charge in [-0.3, -0.25) is 0 Å². The van der Waals surface area contributed by atoms with E-state index in [0.717, 1.165) is 19.3 Å². The molecule has 0 aromatic carbocycles. The molecule has 0 aliphatic carbocycles. The van der Waals surface area contributed by atoms with Crippen molar-refractivity contribution in [3.63, 3.8) is 0 Å². The van der Waals surface area contributed by atoms with Gasteiger partial charge in [0.15, 0.2) is 9.84 Å².